The van der Waals surface area contributed by atoms with Gasteiger partial charge in [0.25, 0.3) is 0 Å². The van der Waals surface area contributed by atoms with Crippen LogP contribution < -0.4 is 4.90 Å². The first-order valence-corrected chi connectivity index (χ1v) is 13.8. The number of anilines is 1. The molecule has 0 aromatic heterocycles. The van der Waals surface area contributed by atoms with E-state index in [2.05, 4.69) is 93.8 Å². The Morgan fingerprint density at radius 1 is 0.744 bits per heavy atom. The first kappa shape index (κ1) is 33.8. The summed E-state index contributed by atoms with van der Waals surface area (Å²) in [6.07, 6.45) is 17.3. The van der Waals surface area contributed by atoms with Gasteiger partial charge in [-0.3, -0.25) is 0 Å². The summed E-state index contributed by atoms with van der Waals surface area (Å²) in [5.74, 6) is 0. The molecule has 0 fully saturated rings. The molecule has 0 atom stereocenters. The van der Waals surface area contributed by atoms with Crippen LogP contribution in [0.3, 0.4) is 0 Å². The minimum Gasteiger partial charge on any atom is -0.358 e. The molecule has 2 radical (unpaired) electrons. The predicted octanol–water partition coefficient (Wildman–Crippen LogP) is 8.21. The molecule has 0 bridgehead atoms. The van der Waals surface area contributed by atoms with Crippen LogP contribution in [0.1, 0.15) is 86.8 Å². The zero-order valence-corrected chi connectivity index (χ0v) is 28.3. The van der Waals surface area contributed by atoms with Crippen LogP contribution in [0.25, 0.3) is 0 Å². The number of aryl methyl sites for hydroxylation is 2. The van der Waals surface area contributed by atoms with Crippen molar-refractivity contribution in [1.82, 2.24) is 0 Å². The Balaban J connectivity index is 0.00000133. The van der Waals surface area contributed by atoms with Crippen LogP contribution in [0.4, 0.5) is 11.4 Å². The average molecular weight is 598 g/mol. The third-order valence-corrected chi connectivity index (χ3v) is 9.51. The molecule has 6 rings (SSSR count). The fourth-order valence-electron chi connectivity index (χ4n) is 7.81. The number of hydrogen-bond acceptors (Lipinski definition) is 1. The van der Waals surface area contributed by atoms with Gasteiger partial charge in [-0.05, 0) is 105 Å². The number of allylic oxidation sites excluding steroid dienone is 4. The second-order valence-electron chi connectivity index (χ2n) is 12.3. The van der Waals surface area contributed by atoms with E-state index in [-0.39, 0.29) is 62.8 Å². The molecule has 2 nitrogen and oxygen atoms in total. The Morgan fingerprint density at radius 2 is 1.28 bits per heavy atom. The van der Waals surface area contributed by atoms with E-state index in [1.54, 1.807) is 33.4 Å². The van der Waals surface area contributed by atoms with E-state index in [0.717, 1.165) is 0 Å². The van der Waals surface area contributed by atoms with Crippen molar-refractivity contribution in [3.05, 3.63) is 96.4 Å². The van der Waals surface area contributed by atoms with Gasteiger partial charge >= 0.3 is 0 Å². The summed E-state index contributed by atoms with van der Waals surface area (Å²) >= 11 is 0. The first-order valence-electron chi connectivity index (χ1n) is 13.8. The van der Waals surface area contributed by atoms with Crippen molar-refractivity contribution in [3.8, 4) is 0 Å². The molecule has 2 aliphatic heterocycles. The van der Waals surface area contributed by atoms with E-state index in [0.29, 0.717) is 0 Å². The molecule has 4 aliphatic rings. The van der Waals surface area contributed by atoms with Crippen molar-refractivity contribution in [3.63, 3.8) is 0 Å². The van der Waals surface area contributed by atoms with Crippen molar-refractivity contribution in [2.24, 2.45) is 0 Å². The summed E-state index contributed by atoms with van der Waals surface area (Å²) in [5, 5.41) is 0. The number of nitrogens with zero attached hydrogens (tertiary/aromatic N) is 2. The third-order valence-electron chi connectivity index (χ3n) is 9.51. The molecule has 39 heavy (non-hydrogen) atoms. The number of rotatable bonds is 2. The van der Waals surface area contributed by atoms with Gasteiger partial charge < -0.3 is 19.8 Å². The Kier molecular flexibility index (Phi) is 10.6. The smallest absolute Gasteiger partial charge is 0.209 e. The molecule has 0 saturated heterocycles. The Bertz CT molecular complexity index is 1330. The molecule has 2 aromatic rings. The summed E-state index contributed by atoms with van der Waals surface area (Å²) < 4.78 is 2.44. The SMILES string of the molecule is CN1C(=CC=CC2=[N+](C)c3ccc4c(c3C2(C)C)CCCC4)C(C)(C)c2c1ccc1c2CCCC1.[CH3-].[CH3-].[V].[V]. The average Bonchev–Trinajstić information content (AvgIpc) is 3.17. The molecule has 0 spiro atoms. The van der Waals surface area contributed by atoms with Gasteiger partial charge in [0.15, 0.2) is 5.71 Å². The topological polar surface area (TPSA) is 6.25 Å². The van der Waals surface area contributed by atoms with E-state index in [1.807, 2.05) is 0 Å². The molecule has 0 saturated carbocycles. The summed E-state index contributed by atoms with van der Waals surface area (Å²) in [4.78, 5) is 2.44. The molecule has 0 unspecified atom stereocenters. The summed E-state index contributed by atoms with van der Waals surface area (Å²) in [6, 6.07) is 9.52. The van der Waals surface area contributed by atoms with Crippen molar-refractivity contribution >= 4 is 17.1 Å². The van der Waals surface area contributed by atoms with Gasteiger partial charge in [-0.25, -0.2) is 0 Å². The van der Waals surface area contributed by atoms with Crippen LogP contribution in [0.2, 0.25) is 0 Å². The van der Waals surface area contributed by atoms with Crippen molar-refractivity contribution in [1.29, 1.82) is 0 Å². The largest absolute Gasteiger partial charge is 0.358 e. The predicted molar refractivity (Wildman–Crippen MR) is 162 cm³/mol. The number of benzene rings is 2. The van der Waals surface area contributed by atoms with Gasteiger partial charge in [-0.2, -0.15) is 4.58 Å². The fourth-order valence-corrected chi connectivity index (χ4v) is 7.81. The minimum atomic E-state index is 0. The van der Waals surface area contributed by atoms with Crippen LogP contribution in [-0.4, -0.2) is 24.4 Å². The van der Waals surface area contributed by atoms with Gasteiger partial charge in [0.1, 0.15) is 7.05 Å². The maximum absolute atomic E-state index is 2.44. The standard InChI is InChI=1S/C33H41N2.2CH3.2V/c1-32(2)28(34(5)26-20-18-22-12-7-9-14-24(22)30(26)32)16-11-17-29-33(3,4)31-25-15-10-8-13-23(25)19-21-27(31)35(29)6;;;;/h11,16-21H,7-10,12-15H2,1-6H3;2*1H3;;/q+1;2*-1;;. The maximum atomic E-state index is 2.44. The second kappa shape index (κ2) is 12.2. The monoisotopic (exact) mass is 597 g/mol. The van der Waals surface area contributed by atoms with Crippen LogP contribution in [0, 0.1) is 14.9 Å². The third kappa shape index (κ3) is 5.10. The Morgan fingerprint density at radius 3 is 1.90 bits per heavy atom. The Labute approximate surface area is 262 Å². The van der Waals surface area contributed by atoms with E-state index in [1.165, 1.54) is 74.2 Å². The minimum absolute atomic E-state index is 0. The summed E-state index contributed by atoms with van der Waals surface area (Å²) in [5.41, 5.74) is 15.2. The molecular formula is C35H47N2V2-. The molecule has 2 heterocycles. The van der Waals surface area contributed by atoms with Gasteiger partial charge in [0, 0.05) is 78.7 Å². The zero-order valence-electron chi connectivity index (χ0n) is 25.5. The van der Waals surface area contributed by atoms with Gasteiger partial charge in [0.2, 0.25) is 5.69 Å². The number of likely N-dealkylation sites (N-methyl/N-ethyl adjacent to an activating group) is 1. The quantitative estimate of drug-likeness (QED) is 0.250. The first-order chi connectivity index (χ1) is 16.7. The van der Waals surface area contributed by atoms with E-state index < -0.39 is 0 Å². The Hall–Kier alpha value is -1.44. The summed E-state index contributed by atoms with van der Waals surface area (Å²) in [6.45, 7) is 9.69. The molecule has 0 N–H and O–H groups in total. The number of hydrogen-bond donors (Lipinski definition) is 0. The molecular weight excluding hydrogens is 550 g/mol. The van der Waals surface area contributed by atoms with Crippen LogP contribution in [0.15, 0.2) is 48.2 Å². The van der Waals surface area contributed by atoms with Gasteiger partial charge in [0.05, 0.1) is 5.41 Å². The molecule has 4 heteroatoms. The second-order valence-corrected chi connectivity index (χ2v) is 12.3. The van der Waals surface area contributed by atoms with E-state index >= 15 is 0 Å². The van der Waals surface area contributed by atoms with Crippen LogP contribution in [0.5, 0.6) is 0 Å². The van der Waals surface area contributed by atoms with Crippen LogP contribution >= 0.6 is 0 Å². The molecule has 2 aliphatic carbocycles. The van der Waals surface area contributed by atoms with Crippen molar-refractivity contribution in [2.75, 3.05) is 19.0 Å². The van der Waals surface area contributed by atoms with E-state index in [4.69, 9.17) is 0 Å². The molecule has 208 valence electrons. The normalized spacial score (nSPS) is 20.7. The fraction of sp³-hybridized carbons (Fsp3) is 0.457. The summed E-state index contributed by atoms with van der Waals surface area (Å²) in [7, 11) is 4.51. The zero-order chi connectivity index (χ0) is 24.5. The number of fused-ring (bicyclic) bond motifs is 6. The van der Waals surface area contributed by atoms with Crippen LogP contribution in [-0.2, 0) is 73.6 Å². The molecule has 2 aromatic carbocycles. The van der Waals surface area contributed by atoms with Crippen molar-refractivity contribution in [2.45, 2.75) is 89.9 Å². The van der Waals surface area contributed by atoms with Gasteiger partial charge in [-0.15, -0.1) is 0 Å². The maximum Gasteiger partial charge on any atom is 0.209 e. The van der Waals surface area contributed by atoms with Gasteiger partial charge in [-0.1, -0.05) is 32.1 Å². The van der Waals surface area contributed by atoms with Crippen molar-refractivity contribution < 1.29 is 41.7 Å². The molecule has 0 amide bonds. The van der Waals surface area contributed by atoms with E-state index in [9.17, 15) is 0 Å².